The van der Waals surface area contributed by atoms with Crippen molar-refractivity contribution in [2.24, 2.45) is 0 Å². The van der Waals surface area contributed by atoms with Crippen molar-refractivity contribution in [3.05, 3.63) is 52.0 Å². The maximum atomic E-state index is 13.8. The first kappa shape index (κ1) is 17.6. The molecule has 1 aromatic heterocycles. The molecule has 2 aromatic rings. The van der Waals surface area contributed by atoms with E-state index in [1.807, 2.05) is 0 Å². The molecule has 3 N–H and O–H groups in total. The minimum atomic E-state index is -5.42. The summed E-state index contributed by atoms with van der Waals surface area (Å²) in [7, 11) is -5.42. The van der Waals surface area contributed by atoms with Crippen LogP contribution in [-0.4, -0.2) is 23.6 Å². The maximum Gasteiger partial charge on any atom is 0.345 e. The van der Waals surface area contributed by atoms with E-state index in [0.717, 1.165) is 0 Å². The molecule has 2 aliphatic rings. The van der Waals surface area contributed by atoms with E-state index in [9.17, 15) is 40.6 Å². The first-order valence-electron chi connectivity index (χ1n) is 7.35. The number of hydrogen-bond donors (Lipinski definition) is 3. The highest BCUT2D eigenvalue weighted by atomic mass is 32.2. The zero-order valence-corrected chi connectivity index (χ0v) is 13.7. The largest absolute Gasteiger partial charge is 0.494 e. The minimum absolute atomic E-state index is 0.141. The van der Waals surface area contributed by atoms with Crippen LogP contribution in [0.3, 0.4) is 0 Å². The molecule has 0 amide bonds. The fourth-order valence-corrected chi connectivity index (χ4v) is 4.63. The van der Waals surface area contributed by atoms with E-state index in [-0.39, 0.29) is 23.6 Å². The minimum Gasteiger partial charge on any atom is -0.494 e. The lowest BCUT2D eigenvalue weighted by atomic mass is 10.00. The summed E-state index contributed by atoms with van der Waals surface area (Å²) in [6, 6.07) is 0. The predicted molar refractivity (Wildman–Crippen MR) is 76.8 cm³/mol. The lowest BCUT2D eigenvalue weighted by Gasteiger charge is -2.16. The molecule has 2 atom stereocenters. The van der Waals surface area contributed by atoms with Gasteiger partial charge < -0.3 is 14.4 Å². The van der Waals surface area contributed by atoms with Crippen LogP contribution in [0.2, 0.25) is 0 Å². The standard InChI is InChI=1S/C15H8F5NO5S/c16-8-9(17)11(19)13(12(20)10(8)18)27(24,25)26-5-2-3-1-4(5)7-6(3)14(22)21-15(7)23/h2-4,21-23H,1H2. The Morgan fingerprint density at radius 3 is 2.04 bits per heavy atom. The Morgan fingerprint density at radius 1 is 0.926 bits per heavy atom. The first-order chi connectivity index (χ1) is 12.5. The smallest absolute Gasteiger partial charge is 0.345 e. The zero-order chi connectivity index (χ0) is 19.8. The number of fused-ring (bicyclic) bond motifs is 5. The highest BCUT2D eigenvalue weighted by Crippen LogP contribution is 2.58. The van der Waals surface area contributed by atoms with E-state index in [0.29, 0.717) is 5.56 Å². The molecule has 144 valence electrons. The van der Waals surface area contributed by atoms with Crippen molar-refractivity contribution in [2.45, 2.75) is 23.2 Å². The molecule has 0 aliphatic heterocycles. The molecular formula is C15H8F5NO5S. The van der Waals surface area contributed by atoms with Crippen molar-refractivity contribution in [3.8, 4) is 11.8 Å². The number of aromatic amines is 1. The number of aromatic nitrogens is 1. The van der Waals surface area contributed by atoms with Gasteiger partial charge >= 0.3 is 10.1 Å². The third-order valence-corrected chi connectivity index (χ3v) is 5.85. The Labute approximate surface area is 147 Å². The Balaban J connectivity index is 1.75. The summed E-state index contributed by atoms with van der Waals surface area (Å²) in [6.45, 7) is 0. The van der Waals surface area contributed by atoms with E-state index >= 15 is 0 Å². The summed E-state index contributed by atoms with van der Waals surface area (Å²) in [5.74, 6) is -15.0. The molecule has 0 fully saturated rings. The summed E-state index contributed by atoms with van der Waals surface area (Å²) in [4.78, 5) is 0.138. The summed E-state index contributed by atoms with van der Waals surface area (Å²) in [5, 5.41) is 19.5. The molecular weight excluding hydrogens is 401 g/mol. The second-order valence-electron chi connectivity index (χ2n) is 6.05. The van der Waals surface area contributed by atoms with E-state index < -0.39 is 61.8 Å². The van der Waals surface area contributed by atoms with Crippen molar-refractivity contribution in [1.82, 2.24) is 4.98 Å². The van der Waals surface area contributed by atoms with Gasteiger partial charge in [0.25, 0.3) is 0 Å². The van der Waals surface area contributed by atoms with Gasteiger partial charge in [0.15, 0.2) is 39.9 Å². The number of halogens is 5. The number of hydrogen-bond acceptors (Lipinski definition) is 5. The molecule has 2 unspecified atom stereocenters. The molecule has 0 saturated carbocycles. The van der Waals surface area contributed by atoms with Crippen LogP contribution in [0, 0.1) is 29.1 Å². The maximum absolute atomic E-state index is 13.8. The summed E-state index contributed by atoms with van der Waals surface area (Å²) in [5.41, 5.74) is 0.459. The molecule has 2 aliphatic carbocycles. The van der Waals surface area contributed by atoms with Gasteiger partial charge in [-0.2, -0.15) is 8.42 Å². The van der Waals surface area contributed by atoms with Gasteiger partial charge in [0.05, 0.1) is 0 Å². The van der Waals surface area contributed by atoms with E-state index in [1.54, 1.807) is 0 Å². The Morgan fingerprint density at radius 2 is 1.44 bits per heavy atom. The van der Waals surface area contributed by atoms with Crippen molar-refractivity contribution in [3.63, 3.8) is 0 Å². The lowest BCUT2D eigenvalue weighted by Crippen LogP contribution is -2.16. The van der Waals surface area contributed by atoms with E-state index in [2.05, 4.69) is 9.17 Å². The molecule has 0 spiro atoms. The van der Waals surface area contributed by atoms with Crippen LogP contribution >= 0.6 is 0 Å². The van der Waals surface area contributed by atoms with Gasteiger partial charge in [-0.15, -0.1) is 0 Å². The summed E-state index contributed by atoms with van der Waals surface area (Å²) in [6.07, 6.45) is 1.42. The van der Waals surface area contributed by atoms with Crippen LogP contribution in [-0.2, 0) is 14.3 Å². The highest BCUT2D eigenvalue weighted by molar-refractivity contribution is 7.86. The molecule has 4 rings (SSSR count). The zero-order valence-electron chi connectivity index (χ0n) is 12.9. The number of rotatable bonds is 3. The van der Waals surface area contributed by atoms with Crippen LogP contribution in [0.4, 0.5) is 22.0 Å². The third-order valence-electron chi connectivity index (χ3n) is 4.58. The Hall–Kier alpha value is -2.76. The molecule has 0 saturated heterocycles. The fourth-order valence-electron chi connectivity index (χ4n) is 3.50. The predicted octanol–water partition coefficient (Wildman–Crippen LogP) is 3.00. The van der Waals surface area contributed by atoms with Crippen molar-refractivity contribution in [1.29, 1.82) is 0 Å². The third kappa shape index (κ3) is 2.25. The highest BCUT2D eigenvalue weighted by Gasteiger charge is 2.47. The van der Waals surface area contributed by atoms with Gasteiger partial charge in [0, 0.05) is 23.0 Å². The van der Waals surface area contributed by atoms with Gasteiger partial charge in [-0.05, 0) is 12.5 Å². The van der Waals surface area contributed by atoms with Gasteiger partial charge in [-0.25, -0.2) is 22.0 Å². The number of H-pyrrole nitrogens is 1. The summed E-state index contributed by atoms with van der Waals surface area (Å²) < 4.78 is 96.3. The second-order valence-corrected chi connectivity index (χ2v) is 7.53. The average molecular weight is 409 g/mol. The van der Waals surface area contributed by atoms with E-state index in [4.69, 9.17) is 0 Å². The van der Waals surface area contributed by atoms with Crippen LogP contribution in [0.1, 0.15) is 29.4 Å². The first-order valence-corrected chi connectivity index (χ1v) is 8.76. The normalized spacial score (nSPS) is 20.7. The average Bonchev–Trinajstić information content (AvgIpc) is 3.23. The van der Waals surface area contributed by atoms with Crippen molar-refractivity contribution >= 4 is 10.1 Å². The second kappa shape index (κ2) is 5.38. The van der Waals surface area contributed by atoms with Crippen LogP contribution in [0.25, 0.3) is 0 Å². The number of allylic oxidation sites excluding steroid dienone is 2. The fraction of sp³-hybridized carbons (Fsp3) is 0.200. The Kier molecular flexibility index (Phi) is 3.51. The lowest BCUT2D eigenvalue weighted by molar-refractivity contribution is 0.338. The quantitative estimate of drug-likeness (QED) is 0.313. The molecule has 12 heteroatoms. The van der Waals surface area contributed by atoms with Gasteiger partial charge in [0.2, 0.25) is 5.82 Å². The van der Waals surface area contributed by atoms with Crippen LogP contribution < -0.4 is 0 Å². The molecule has 2 bridgehead atoms. The molecule has 0 radical (unpaired) electrons. The van der Waals surface area contributed by atoms with Crippen LogP contribution in [0.15, 0.2) is 16.7 Å². The topological polar surface area (TPSA) is 99.6 Å². The monoisotopic (exact) mass is 409 g/mol. The SMILES string of the molecule is O=S(=O)(OC1=CC2CC1c1c(O)[nH]c(O)c12)c1c(F)c(F)c(F)c(F)c1F. The number of aromatic hydroxyl groups is 2. The molecule has 1 heterocycles. The van der Waals surface area contributed by atoms with Gasteiger partial charge in [0.1, 0.15) is 5.76 Å². The van der Waals surface area contributed by atoms with Crippen molar-refractivity contribution < 1.29 is 44.8 Å². The van der Waals surface area contributed by atoms with Crippen LogP contribution in [0.5, 0.6) is 11.8 Å². The molecule has 6 nitrogen and oxygen atoms in total. The van der Waals surface area contributed by atoms with E-state index in [1.165, 1.54) is 6.08 Å². The molecule has 1 aromatic carbocycles. The summed E-state index contributed by atoms with van der Waals surface area (Å²) >= 11 is 0. The number of benzene rings is 1. The van der Waals surface area contributed by atoms with Crippen molar-refractivity contribution in [2.75, 3.05) is 0 Å². The Bertz CT molecular complexity index is 1110. The van der Waals surface area contributed by atoms with Gasteiger partial charge in [-0.1, -0.05) is 0 Å². The van der Waals surface area contributed by atoms with Gasteiger partial charge in [-0.3, -0.25) is 4.98 Å². The molecule has 27 heavy (non-hydrogen) atoms. The number of nitrogens with one attached hydrogen (secondary N) is 1.